The minimum absolute atomic E-state index is 0.140. The molecule has 4 heteroatoms. The molecule has 18 heavy (non-hydrogen) atoms. The van der Waals surface area contributed by atoms with Gasteiger partial charge in [-0.3, -0.25) is 0 Å². The number of carboxylic acids is 1. The number of ether oxygens (including phenoxy) is 1. The molecule has 1 N–H and O–H groups in total. The molecule has 0 aliphatic heterocycles. The van der Waals surface area contributed by atoms with Gasteiger partial charge in [-0.05, 0) is 28.5 Å². The van der Waals surface area contributed by atoms with E-state index in [0.717, 1.165) is 15.2 Å². The second-order valence-electron chi connectivity index (χ2n) is 3.74. The van der Waals surface area contributed by atoms with Crippen molar-refractivity contribution >= 4 is 38.2 Å². The van der Waals surface area contributed by atoms with Crippen molar-refractivity contribution in [2.24, 2.45) is 0 Å². The number of rotatable bonds is 3. The number of fused-ring (bicyclic) bond motifs is 1. The van der Waals surface area contributed by atoms with Crippen molar-refractivity contribution in [2.45, 2.75) is 0 Å². The Bertz CT molecular complexity index is 632. The number of carbonyl (C=O) groups is 1. The van der Waals surface area contributed by atoms with Crippen LogP contribution in [0.15, 0.2) is 47.1 Å². The van der Waals surface area contributed by atoms with Gasteiger partial charge in [-0.25, -0.2) is 4.79 Å². The largest absolute Gasteiger partial charge is 0.503 e. The summed E-state index contributed by atoms with van der Waals surface area (Å²) < 4.78 is 5.75. The van der Waals surface area contributed by atoms with E-state index in [4.69, 9.17) is 4.74 Å². The van der Waals surface area contributed by atoms with Gasteiger partial charge in [-0.15, -0.1) is 0 Å². The molecule has 0 aromatic heterocycles. The zero-order chi connectivity index (χ0) is 13.1. The van der Waals surface area contributed by atoms with Crippen LogP contribution in [0.25, 0.3) is 16.3 Å². The van der Waals surface area contributed by atoms with Crippen LogP contribution in [0.3, 0.4) is 0 Å². The van der Waals surface area contributed by atoms with Crippen molar-refractivity contribution in [2.75, 3.05) is 7.11 Å². The van der Waals surface area contributed by atoms with Crippen molar-refractivity contribution in [1.82, 2.24) is 0 Å². The van der Waals surface area contributed by atoms with E-state index in [1.807, 2.05) is 30.3 Å². The van der Waals surface area contributed by atoms with Crippen LogP contribution in [-0.4, -0.2) is 18.2 Å². The van der Waals surface area contributed by atoms with Crippen LogP contribution in [-0.2, 0) is 9.53 Å². The third-order valence-electron chi connectivity index (χ3n) is 2.60. The molecule has 0 radical (unpaired) electrons. The third-order valence-corrected chi connectivity index (χ3v) is 3.09. The van der Waals surface area contributed by atoms with E-state index >= 15 is 0 Å². The molecule has 0 heterocycles. The monoisotopic (exact) mass is 306 g/mol. The zero-order valence-corrected chi connectivity index (χ0v) is 11.3. The number of halogens is 1. The van der Waals surface area contributed by atoms with E-state index in [9.17, 15) is 9.90 Å². The third kappa shape index (κ3) is 2.38. The summed E-state index contributed by atoms with van der Waals surface area (Å²) in [5.41, 5.74) is 0.782. The fraction of sp³-hybridized carbons (Fsp3) is 0.0714. The first-order chi connectivity index (χ1) is 8.63. The van der Waals surface area contributed by atoms with Crippen molar-refractivity contribution in [3.63, 3.8) is 0 Å². The summed E-state index contributed by atoms with van der Waals surface area (Å²) in [7, 11) is 1.43. The predicted octanol–water partition coefficient (Wildman–Crippen LogP) is 3.67. The Morgan fingerprint density at radius 1 is 1.33 bits per heavy atom. The van der Waals surface area contributed by atoms with E-state index in [-0.39, 0.29) is 5.57 Å². The summed E-state index contributed by atoms with van der Waals surface area (Å²) in [4.78, 5) is 11.3. The smallest absolute Gasteiger partial charge is 0.339 e. The molecule has 0 aliphatic rings. The molecule has 0 saturated heterocycles. The van der Waals surface area contributed by atoms with Crippen LogP contribution in [0.1, 0.15) is 5.56 Å². The van der Waals surface area contributed by atoms with E-state index in [0.29, 0.717) is 5.56 Å². The van der Waals surface area contributed by atoms with Crippen LogP contribution >= 0.6 is 15.9 Å². The summed E-state index contributed by atoms with van der Waals surface area (Å²) in [6, 6.07) is 11.3. The first-order valence-electron chi connectivity index (χ1n) is 5.28. The number of aliphatic carboxylic acids is 1. The van der Waals surface area contributed by atoms with Gasteiger partial charge in [-0.2, -0.15) is 0 Å². The standard InChI is InChI=1S/C14H11BrO3/c1-18-8-13(14(16)17)11-4-2-3-9-5-6-10(15)7-12(9)11/h2-8H,1H3,(H,16,17)/b13-8+. The fourth-order valence-corrected chi connectivity index (χ4v) is 2.19. The van der Waals surface area contributed by atoms with Gasteiger partial charge in [0, 0.05) is 4.47 Å². The Balaban J connectivity index is 2.73. The highest BCUT2D eigenvalue weighted by Gasteiger charge is 2.14. The van der Waals surface area contributed by atoms with E-state index in [1.165, 1.54) is 13.4 Å². The lowest BCUT2D eigenvalue weighted by Gasteiger charge is -2.07. The maximum atomic E-state index is 11.3. The molecule has 0 fully saturated rings. The molecule has 2 rings (SSSR count). The normalized spacial score (nSPS) is 11.6. The first kappa shape index (κ1) is 12.6. The van der Waals surface area contributed by atoms with E-state index in [2.05, 4.69) is 15.9 Å². The van der Waals surface area contributed by atoms with Crippen LogP contribution in [0.5, 0.6) is 0 Å². The molecule has 0 unspecified atom stereocenters. The fourth-order valence-electron chi connectivity index (χ4n) is 1.83. The molecule has 0 spiro atoms. The Morgan fingerprint density at radius 2 is 2.11 bits per heavy atom. The average Bonchev–Trinajstić information content (AvgIpc) is 2.35. The maximum absolute atomic E-state index is 11.3. The number of benzene rings is 2. The van der Waals surface area contributed by atoms with E-state index in [1.54, 1.807) is 6.07 Å². The summed E-state index contributed by atoms with van der Waals surface area (Å²) in [6.45, 7) is 0. The molecular formula is C14H11BrO3. The molecule has 3 nitrogen and oxygen atoms in total. The number of hydrogen-bond donors (Lipinski definition) is 1. The molecule has 2 aromatic rings. The molecule has 0 saturated carbocycles. The summed E-state index contributed by atoms with van der Waals surface area (Å²) in [5.74, 6) is -1.01. The second kappa shape index (κ2) is 5.23. The molecule has 0 bridgehead atoms. The number of hydrogen-bond acceptors (Lipinski definition) is 2. The topological polar surface area (TPSA) is 46.5 Å². The quantitative estimate of drug-likeness (QED) is 0.695. The van der Waals surface area contributed by atoms with Gasteiger partial charge < -0.3 is 9.84 Å². The van der Waals surface area contributed by atoms with Crippen LogP contribution in [0.2, 0.25) is 0 Å². The number of carboxylic acid groups (broad SMARTS) is 1. The Kier molecular flexibility index (Phi) is 3.67. The highest BCUT2D eigenvalue weighted by Crippen LogP contribution is 2.28. The Hall–Kier alpha value is -1.81. The van der Waals surface area contributed by atoms with Gasteiger partial charge in [0.1, 0.15) is 5.57 Å². The Morgan fingerprint density at radius 3 is 2.78 bits per heavy atom. The van der Waals surface area contributed by atoms with Crippen molar-refractivity contribution in [3.05, 3.63) is 52.7 Å². The first-order valence-corrected chi connectivity index (χ1v) is 6.07. The van der Waals surface area contributed by atoms with Gasteiger partial charge in [0.25, 0.3) is 0 Å². The van der Waals surface area contributed by atoms with Crippen molar-refractivity contribution in [3.8, 4) is 0 Å². The van der Waals surface area contributed by atoms with Gasteiger partial charge in [-0.1, -0.05) is 40.2 Å². The van der Waals surface area contributed by atoms with Gasteiger partial charge in [0.05, 0.1) is 13.4 Å². The second-order valence-corrected chi connectivity index (χ2v) is 4.66. The lowest BCUT2D eigenvalue weighted by Crippen LogP contribution is -2.01. The van der Waals surface area contributed by atoms with E-state index < -0.39 is 5.97 Å². The Labute approximate surface area is 113 Å². The minimum atomic E-state index is -1.01. The van der Waals surface area contributed by atoms with Crippen LogP contribution in [0.4, 0.5) is 0 Å². The predicted molar refractivity (Wildman–Crippen MR) is 74.3 cm³/mol. The number of methoxy groups -OCH3 is 1. The molecule has 0 amide bonds. The molecule has 0 atom stereocenters. The lowest BCUT2D eigenvalue weighted by atomic mass is 9.99. The van der Waals surface area contributed by atoms with Gasteiger partial charge in [0.2, 0.25) is 0 Å². The lowest BCUT2D eigenvalue weighted by molar-refractivity contribution is -0.130. The minimum Gasteiger partial charge on any atom is -0.503 e. The molecule has 92 valence electrons. The zero-order valence-electron chi connectivity index (χ0n) is 9.68. The van der Waals surface area contributed by atoms with Crippen molar-refractivity contribution in [1.29, 1.82) is 0 Å². The van der Waals surface area contributed by atoms with Crippen LogP contribution in [0, 0.1) is 0 Å². The SMILES string of the molecule is CO/C=C(/C(=O)O)c1cccc2ccc(Br)cc12. The van der Waals surface area contributed by atoms with Gasteiger partial charge in [0.15, 0.2) is 0 Å². The maximum Gasteiger partial charge on any atom is 0.339 e. The highest BCUT2D eigenvalue weighted by molar-refractivity contribution is 9.10. The molecular weight excluding hydrogens is 296 g/mol. The molecule has 2 aromatic carbocycles. The van der Waals surface area contributed by atoms with Crippen molar-refractivity contribution < 1.29 is 14.6 Å². The van der Waals surface area contributed by atoms with Crippen LogP contribution < -0.4 is 0 Å². The summed E-state index contributed by atoms with van der Waals surface area (Å²) in [5, 5.41) is 11.1. The van der Waals surface area contributed by atoms with Gasteiger partial charge >= 0.3 is 5.97 Å². The summed E-state index contributed by atoms with van der Waals surface area (Å²) >= 11 is 3.39. The summed E-state index contributed by atoms with van der Waals surface area (Å²) in [6.07, 6.45) is 1.25. The average molecular weight is 307 g/mol. The highest BCUT2D eigenvalue weighted by atomic mass is 79.9. The molecule has 0 aliphatic carbocycles.